The molecule has 2 atom stereocenters. The molecule has 0 radical (unpaired) electrons. The molecule has 0 aliphatic rings. The first-order valence-electron chi connectivity index (χ1n) is 8.19. The number of hydrogen-bond acceptors (Lipinski definition) is 3. The molecule has 0 rings (SSSR count). The van der Waals surface area contributed by atoms with E-state index in [9.17, 15) is 10.2 Å². The van der Waals surface area contributed by atoms with E-state index in [1.165, 1.54) is 51.4 Å². The first kappa shape index (κ1) is 18.9. The number of aliphatic hydroxyl groups excluding tert-OH is 3. The summed E-state index contributed by atoms with van der Waals surface area (Å²) in [6, 6.07) is 0. The van der Waals surface area contributed by atoms with Gasteiger partial charge in [-0.25, -0.2) is 0 Å². The van der Waals surface area contributed by atoms with Crippen LogP contribution in [0.1, 0.15) is 84.0 Å². The largest absolute Gasteiger partial charge is 0.396 e. The van der Waals surface area contributed by atoms with Gasteiger partial charge < -0.3 is 15.3 Å². The van der Waals surface area contributed by atoms with Crippen LogP contribution in [-0.4, -0.2) is 34.1 Å². The quantitative estimate of drug-likeness (QED) is 0.425. The molecule has 3 N–H and O–H groups in total. The Bertz CT molecular complexity index is 173. The predicted octanol–water partition coefficient (Wildman–Crippen LogP) is 3.40. The Labute approximate surface area is 119 Å². The van der Waals surface area contributed by atoms with E-state index in [-0.39, 0.29) is 13.0 Å². The topological polar surface area (TPSA) is 60.7 Å². The molecule has 0 saturated carbocycles. The molecule has 3 heteroatoms. The molecule has 0 aliphatic carbocycles. The summed E-state index contributed by atoms with van der Waals surface area (Å²) in [5, 5.41) is 27.7. The van der Waals surface area contributed by atoms with Crippen molar-refractivity contribution < 1.29 is 15.3 Å². The molecule has 0 aliphatic heterocycles. The van der Waals surface area contributed by atoms with E-state index in [1.807, 2.05) is 0 Å². The lowest BCUT2D eigenvalue weighted by Gasteiger charge is -2.16. The Hall–Kier alpha value is -0.120. The molecular formula is C16H34O3. The third-order valence-electron chi connectivity index (χ3n) is 3.72. The molecule has 0 amide bonds. The monoisotopic (exact) mass is 274 g/mol. The average molecular weight is 274 g/mol. The Kier molecular flexibility index (Phi) is 14.2. The van der Waals surface area contributed by atoms with Crippen LogP contribution in [0.3, 0.4) is 0 Å². The Morgan fingerprint density at radius 3 is 1.53 bits per heavy atom. The summed E-state index contributed by atoms with van der Waals surface area (Å²) in [5.74, 6) is 0. The summed E-state index contributed by atoms with van der Waals surface area (Å²) < 4.78 is 0. The molecule has 0 aromatic heterocycles. The van der Waals surface area contributed by atoms with Gasteiger partial charge in [0.2, 0.25) is 0 Å². The van der Waals surface area contributed by atoms with Crippen molar-refractivity contribution in [2.24, 2.45) is 0 Å². The summed E-state index contributed by atoms with van der Waals surface area (Å²) in [7, 11) is 0. The van der Waals surface area contributed by atoms with Crippen LogP contribution in [0.2, 0.25) is 0 Å². The molecular weight excluding hydrogens is 240 g/mol. The fourth-order valence-electron chi connectivity index (χ4n) is 2.36. The standard InChI is InChI=1S/C16H34O3/c1-2-3-4-5-6-7-8-9-10-11-12-15(18)16(19)13-14-17/h15-19H,2-14H2,1H3. The van der Waals surface area contributed by atoms with Crippen LogP contribution in [0.25, 0.3) is 0 Å². The van der Waals surface area contributed by atoms with Gasteiger partial charge in [-0.05, 0) is 12.8 Å². The zero-order valence-corrected chi connectivity index (χ0v) is 12.7. The predicted molar refractivity (Wildman–Crippen MR) is 80.2 cm³/mol. The minimum atomic E-state index is -0.761. The smallest absolute Gasteiger partial charge is 0.0820 e. The molecule has 3 nitrogen and oxygen atoms in total. The molecule has 0 fully saturated rings. The highest BCUT2D eigenvalue weighted by Crippen LogP contribution is 2.13. The second-order valence-corrected chi connectivity index (χ2v) is 5.62. The number of rotatable bonds is 14. The van der Waals surface area contributed by atoms with Crippen LogP contribution in [0.15, 0.2) is 0 Å². The molecule has 19 heavy (non-hydrogen) atoms. The van der Waals surface area contributed by atoms with E-state index in [2.05, 4.69) is 6.92 Å². The van der Waals surface area contributed by atoms with Crippen molar-refractivity contribution in [3.05, 3.63) is 0 Å². The van der Waals surface area contributed by atoms with Crippen molar-refractivity contribution in [2.75, 3.05) is 6.61 Å². The summed E-state index contributed by atoms with van der Waals surface area (Å²) in [4.78, 5) is 0. The van der Waals surface area contributed by atoms with Gasteiger partial charge in [-0.2, -0.15) is 0 Å². The van der Waals surface area contributed by atoms with Crippen LogP contribution >= 0.6 is 0 Å². The van der Waals surface area contributed by atoms with Gasteiger partial charge in [0.05, 0.1) is 12.2 Å². The lowest BCUT2D eigenvalue weighted by Crippen LogP contribution is -2.26. The summed E-state index contributed by atoms with van der Waals surface area (Å²) in [6.45, 7) is 2.18. The van der Waals surface area contributed by atoms with Gasteiger partial charge in [0.15, 0.2) is 0 Å². The number of aliphatic hydroxyl groups is 3. The van der Waals surface area contributed by atoms with Gasteiger partial charge in [-0.3, -0.25) is 0 Å². The SMILES string of the molecule is CCCCCCCCCCCCC(O)C(O)CCO. The van der Waals surface area contributed by atoms with E-state index >= 15 is 0 Å². The zero-order valence-electron chi connectivity index (χ0n) is 12.7. The molecule has 2 unspecified atom stereocenters. The van der Waals surface area contributed by atoms with Crippen LogP contribution in [0.4, 0.5) is 0 Å². The van der Waals surface area contributed by atoms with Crippen molar-refractivity contribution in [1.82, 2.24) is 0 Å². The maximum Gasteiger partial charge on any atom is 0.0820 e. The fraction of sp³-hybridized carbons (Fsp3) is 1.00. The number of unbranched alkanes of at least 4 members (excludes halogenated alkanes) is 9. The normalized spacial score (nSPS) is 14.5. The van der Waals surface area contributed by atoms with Crippen molar-refractivity contribution >= 4 is 0 Å². The highest BCUT2D eigenvalue weighted by atomic mass is 16.3. The Morgan fingerprint density at radius 1 is 0.632 bits per heavy atom. The van der Waals surface area contributed by atoms with Crippen molar-refractivity contribution in [2.45, 2.75) is 96.2 Å². The average Bonchev–Trinajstić information content (AvgIpc) is 2.41. The van der Waals surface area contributed by atoms with E-state index in [4.69, 9.17) is 5.11 Å². The number of hydrogen-bond donors (Lipinski definition) is 3. The van der Waals surface area contributed by atoms with Gasteiger partial charge in [0.25, 0.3) is 0 Å². The van der Waals surface area contributed by atoms with Gasteiger partial charge in [-0.15, -0.1) is 0 Å². The second kappa shape index (κ2) is 14.3. The Morgan fingerprint density at radius 2 is 1.05 bits per heavy atom. The third kappa shape index (κ3) is 12.6. The summed E-state index contributed by atoms with van der Waals surface area (Å²) >= 11 is 0. The van der Waals surface area contributed by atoms with E-state index in [0.29, 0.717) is 6.42 Å². The van der Waals surface area contributed by atoms with E-state index in [1.54, 1.807) is 0 Å². The molecule has 116 valence electrons. The Balaban J connectivity index is 3.18. The minimum absolute atomic E-state index is 0.0593. The van der Waals surface area contributed by atoms with Gasteiger partial charge in [0, 0.05) is 6.61 Å². The van der Waals surface area contributed by atoms with Crippen molar-refractivity contribution in [1.29, 1.82) is 0 Å². The van der Waals surface area contributed by atoms with Crippen LogP contribution in [-0.2, 0) is 0 Å². The maximum atomic E-state index is 9.61. The van der Waals surface area contributed by atoms with Gasteiger partial charge >= 0.3 is 0 Å². The molecule has 0 aromatic rings. The summed E-state index contributed by atoms with van der Waals surface area (Å²) in [5.41, 5.74) is 0. The molecule has 0 aromatic carbocycles. The van der Waals surface area contributed by atoms with Gasteiger partial charge in [0.1, 0.15) is 0 Å². The fourth-order valence-corrected chi connectivity index (χ4v) is 2.36. The second-order valence-electron chi connectivity index (χ2n) is 5.62. The highest BCUT2D eigenvalue weighted by Gasteiger charge is 2.14. The zero-order chi connectivity index (χ0) is 14.3. The molecule has 0 saturated heterocycles. The van der Waals surface area contributed by atoms with Crippen LogP contribution in [0, 0.1) is 0 Å². The maximum absolute atomic E-state index is 9.61. The molecule has 0 bridgehead atoms. The van der Waals surface area contributed by atoms with Crippen molar-refractivity contribution in [3.8, 4) is 0 Å². The molecule has 0 heterocycles. The minimum Gasteiger partial charge on any atom is -0.396 e. The summed E-state index contributed by atoms with van der Waals surface area (Å²) in [6.07, 6.45) is 12.3. The van der Waals surface area contributed by atoms with Crippen molar-refractivity contribution in [3.63, 3.8) is 0 Å². The first-order valence-corrected chi connectivity index (χ1v) is 8.19. The lowest BCUT2D eigenvalue weighted by atomic mass is 10.0. The van der Waals surface area contributed by atoms with E-state index in [0.717, 1.165) is 12.8 Å². The van der Waals surface area contributed by atoms with E-state index < -0.39 is 12.2 Å². The highest BCUT2D eigenvalue weighted by molar-refractivity contribution is 4.66. The van der Waals surface area contributed by atoms with Crippen LogP contribution in [0.5, 0.6) is 0 Å². The van der Waals surface area contributed by atoms with Gasteiger partial charge in [-0.1, -0.05) is 71.1 Å². The lowest BCUT2D eigenvalue weighted by molar-refractivity contribution is -0.000105. The third-order valence-corrected chi connectivity index (χ3v) is 3.72. The first-order chi connectivity index (χ1) is 9.22. The van der Waals surface area contributed by atoms with Crippen LogP contribution < -0.4 is 0 Å². The molecule has 0 spiro atoms.